The summed E-state index contributed by atoms with van der Waals surface area (Å²) in [5.74, 6) is -0.970. The molecule has 1 atom stereocenters. The maximum Gasteiger partial charge on any atom is 0.261 e. The summed E-state index contributed by atoms with van der Waals surface area (Å²) in [6, 6.07) is 37.9. The van der Waals surface area contributed by atoms with Gasteiger partial charge in [-0.3, -0.25) is 14.3 Å². The number of ether oxygens (including phenoxy) is 1. The maximum atomic E-state index is 13.9. The molecular weight excluding hydrogens is 617 g/mol. The second-order valence-electron chi connectivity index (χ2n) is 10.7. The Balaban J connectivity index is 1.32. The molecule has 0 radical (unpaired) electrons. The highest BCUT2D eigenvalue weighted by molar-refractivity contribution is 7.92. The Kier molecular flexibility index (Phi) is 11.0. The molecule has 5 rings (SSSR count). The first-order valence-electron chi connectivity index (χ1n) is 15.0. The molecule has 0 aromatic heterocycles. The number of sulfonamides is 1. The molecule has 5 aromatic carbocycles. The van der Waals surface area contributed by atoms with Gasteiger partial charge in [0.05, 0.1) is 4.90 Å². The van der Waals surface area contributed by atoms with Crippen LogP contribution in [-0.2, 0) is 32.6 Å². The van der Waals surface area contributed by atoms with Gasteiger partial charge >= 0.3 is 0 Å². The molecule has 10 heteroatoms. The minimum Gasteiger partial charge on any atom is -0.484 e. The summed E-state index contributed by atoms with van der Waals surface area (Å²) in [7, 11) is -3.95. The molecule has 0 spiro atoms. The molecule has 8 nitrogen and oxygen atoms in total. The lowest BCUT2D eigenvalue weighted by Gasteiger charge is -2.31. The van der Waals surface area contributed by atoms with Crippen LogP contribution in [0.2, 0.25) is 0 Å². The molecule has 0 bridgehead atoms. The number of amides is 2. The first kappa shape index (κ1) is 32.9. The second-order valence-corrected chi connectivity index (χ2v) is 12.4. The molecule has 47 heavy (non-hydrogen) atoms. The van der Waals surface area contributed by atoms with E-state index in [4.69, 9.17) is 4.74 Å². The van der Waals surface area contributed by atoms with Gasteiger partial charge in [-0.05, 0) is 71.6 Å². The predicted octanol–water partition coefficient (Wildman–Crippen LogP) is 6.13. The minimum absolute atomic E-state index is 0.0393. The fraction of sp³-hybridized carbons (Fsp3) is 0.135. The van der Waals surface area contributed by atoms with Gasteiger partial charge in [-0.2, -0.15) is 0 Å². The molecule has 0 aliphatic carbocycles. The van der Waals surface area contributed by atoms with Crippen LogP contribution in [0.25, 0.3) is 0 Å². The first-order chi connectivity index (χ1) is 22.8. The molecule has 0 heterocycles. The molecule has 0 saturated carbocycles. The predicted molar refractivity (Wildman–Crippen MR) is 178 cm³/mol. The highest BCUT2D eigenvalue weighted by Gasteiger charge is 2.31. The van der Waals surface area contributed by atoms with E-state index >= 15 is 0 Å². The van der Waals surface area contributed by atoms with Crippen molar-refractivity contribution in [1.82, 2.24) is 10.2 Å². The summed E-state index contributed by atoms with van der Waals surface area (Å²) in [5.41, 5.74) is 2.78. The number of benzene rings is 5. The Bertz CT molecular complexity index is 1860. The lowest BCUT2D eigenvalue weighted by molar-refractivity contribution is -0.143. The topological polar surface area (TPSA) is 105 Å². The van der Waals surface area contributed by atoms with Gasteiger partial charge in [-0.25, -0.2) is 12.8 Å². The summed E-state index contributed by atoms with van der Waals surface area (Å²) in [4.78, 5) is 29.1. The lowest BCUT2D eigenvalue weighted by atomic mass is 10.0. The van der Waals surface area contributed by atoms with E-state index < -0.39 is 34.4 Å². The molecule has 0 fully saturated rings. The Morgan fingerprint density at radius 1 is 0.723 bits per heavy atom. The van der Waals surface area contributed by atoms with Gasteiger partial charge in [-0.15, -0.1) is 0 Å². The van der Waals surface area contributed by atoms with Gasteiger partial charge in [0.1, 0.15) is 17.6 Å². The number of carbonyl (C=O) groups is 2. The van der Waals surface area contributed by atoms with E-state index in [1.807, 2.05) is 91.0 Å². The minimum atomic E-state index is -3.95. The molecule has 240 valence electrons. The molecule has 0 aliphatic heterocycles. The number of hydrogen-bond acceptors (Lipinski definition) is 5. The Morgan fingerprint density at radius 2 is 1.30 bits per heavy atom. The molecule has 0 saturated heterocycles. The van der Waals surface area contributed by atoms with E-state index in [9.17, 15) is 22.4 Å². The van der Waals surface area contributed by atoms with Crippen LogP contribution in [-0.4, -0.2) is 38.3 Å². The van der Waals surface area contributed by atoms with Gasteiger partial charge in [0.25, 0.3) is 15.9 Å². The van der Waals surface area contributed by atoms with Gasteiger partial charge in [0.2, 0.25) is 5.91 Å². The summed E-state index contributed by atoms with van der Waals surface area (Å²) in [6.07, 6.45) is 0.634. The van der Waals surface area contributed by atoms with Crippen LogP contribution in [0.5, 0.6) is 5.75 Å². The molecule has 5 aromatic rings. The van der Waals surface area contributed by atoms with Crippen LogP contribution in [0.3, 0.4) is 0 Å². The largest absolute Gasteiger partial charge is 0.484 e. The van der Waals surface area contributed by atoms with E-state index in [1.165, 1.54) is 41.3 Å². The van der Waals surface area contributed by atoms with E-state index in [0.29, 0.717) is 18.5 Å². The van der Waals surface area contributed by atoms with E-state index in [0.717, 1.165) is 23.3 Å². The number of anilines is 1. The van der Waals surface area contributed by atoms with Crippen molar-refractivity contribution in [2.45, 2.75) is 23.9 Å². The summed E-state index contributed by atoms with van der Waals surface area (Å²) < 4.78 is 47.0. The van der Waals surface area contributed by atoms with Crippen LogP contribution in [0, 0.1) is 5.82 Å². The first-order valence-corrected chi connectivity index (χ1v) is 16.5. The number of rotatable bonds is 14. The molecule has 0 aliphatic rings. The number of carbonyl (C=O) groups excluding carboxylic acids is 2. The number of nitrogens with one attached hydrogen (secondary N) is 2. The lowest BCUT2D eigenvalue weighted by Crippen LogP contribution is -2.45. The number of nitrogens with zero attached hydrogens (tertiary/aromatic N) is 1. The van der Waals surface area contributed by atoms with E-state index in [1.54, 1.807) is 0 Å². The van der Waals surface area contributed by atoms with Crippen molar-refractivity contribution in [1.29, 1.82) is 0 Å². The van der Waals surface area contributed by atoms with Crippen LogP contribution in [0.15, 0.2) is 144 Å². The normalized spacial score (nSPS) is 11.7. The standard InChI is InChI=1S/C37H34FN3O5S/c38-31-16-18-32(19-17-31)40-47(44,45)34-22-20-33(21-23-34)46-27-35(42)41(26-29-12-6-2-7-13-29)36(30-14-8-3-9-15-30)37(43)39-25-24-28-10-4-1-5-11-28/h1-23,36,40H,24-27H2,(H,39,43)/t36-/m0/s1. The van der Waals surface area contributed by atoms with Crippen molar-refractivity contribution in [3.05, 3.63) is 162 Å². The average molecular weight is 652 g/mol. The smallest absolute Gasteiger partial charge is 0.261 e. The van der Waals surface area contributed by atoms with E-state index in [-0.39, 0.29) is 28.8 Å². The Labute approximate surface area is 273 Å². The molecule has 2 N–H and O–H groups in total. The SMILES string of the molecule is O=C(NCCc1ccccc1)[C@H](c1ccccc1)N(Cc1ccccc1)C(=O)COc1ccc(S(=O)(=O)Nc2ccc(F)cc2)cc1. The summed E-state index contributed by atoms with van der Waals surface area (Å²) in [5, 5.41) is 3.01. The van der Waals surface area contributed by atoms with Crippen LogP contribution in [0.1, 0.15) is 22.7 Å². The van der Waals surface area contributed by atoms with Gasteiger partial charge in [0.15, 0.2) is 6.61 Å². The highest BCUT2D eigenvalue weighted by atomic mass is 32.2. The zero-order valence-corrected chi connectivity index (χ0v) is 26.3. The average Bonchev–Trinajstić information content (AvgIpc) is 3.09. The fourth-order valence-electron chi connectivity index (χ4n) is 4.96. The quantitative estimate of drug-likeness (QED) is 0.150. The van der Waals surface area contributed by atoms with Gasteiger partial charge in [0, 0.05) is 18.8 Å². The third-order valence-corrected chi connectivity index (χ3v) is 8.74. The summed E-state index contributed by atoms with van der Waals surface area (Å²) >= 11 is 0. The van der Waals surface area contributed by atoms with Crippen LogP contribution in [0.4, 0.5) is 10.1 Å². The zero-order chi connectivity index (χ0) is 33.1. The monoisotopic (exact) mass is 651 g/mol. The van der Waals surface area contributed by atoms with Crippen molar-refractivity contribution in [2.75, 3.05) is 17.9 Å². The van der Waals surface area contributed by atoms with Crippen molar-refractivity contribution in [3.63, 3.8) is 0 Å². The second kappa shape index (κ2) is 15.7. The van der Waals surface area contributed by atoms with Crippen molar-refractivity contribution in [3.8, 4) is 5.75 Å². The van der Waals surface area contributed by atoms with Crippen molar-refractivity contribution >= 4 is 27.5 Å². The van der Waals surface area contributed by atoms with Crippen LogP contribution >= 0.6 is 0 Å². The highest BCUT2D eigenvalue weighted by Crippen LogP contribution is 2.25. The third kappa shape index (κ3) is 9.27. The summed E-state index contributed by atoms with van der Waals surface area (Å²) in [6.45, 7) is 0.148. The molecule has 0 unspecified atom stereocenters. The maximum absolute atomic E-state index is 13.9. The van der Waals surface area contributed by atoms with Crippen molar-refractivity contribution < 1.29 is 27.1 Å². The zero-order valence-electron chi connectivity index (χ0n) is 25.5. The number of halogens is 1. The fourth-order valence-corrected chi connectivity index (χ4v) is 6.02. The Hall–Kier alpha value is -5.48. The Morgan fingerprint density at radius 3 is 1.91 bits per heavy atom. The van der Waals surface area contributed by atoms with Crippen molar-refractivity contribution in [2.24, 2.45) is 0 Å². The third-order valence-electron chi connectivity index (χ3n) is 7.34. The van der Waals surface area contributed by atoms with Gasteiger partial charge in [-0.1, -0.05) is 91.0 Å². The van der Waals surface area contributed by atoms with Gasteiger partial charge < -0.3 is 15.0 Å². The van der Waals surface area contributed by atoms with E-state index in [2.05, 4.69) is 10.0 Å². The molecular formula is C37H34FN3O5S. The van der Waals surface area contributed by atoms with Crippen LogP contribution < -0.4 is 14.8 Å². The number of hydrogen-bond donors (Lipinski definition) is 2. The molecule has 2 amide bonds.